The first-order chi connectivity index (χ1) is 9.13. The van der Waals surface area contributed by atoms with Gasteiger partial charge in [0.2, 0.25) is 11.8 Å². The van der Waals surface area contributed by atoms with Gasteiger partial charge in [0.05, 0.1) is 12.2 Å². The van der Waals surface area contributed by atoms with E-state index in [2.05, 4.69) is 11.8 Å². The molecule has 0 aliphatic carbocycles. The smallest absolute Gasteiger partial charge is 0.233 e. The van der Waals surface area contributed by atoms with E-state index in [4.69, 9.17) is 5.73 Å². The molecule has 1 aromatic rings. The van der Waals surface area contributed by atoms with Crippen LogP contribution < -0.4 is 10.6 Å². The Morgan fingerprint density at radius 1 is 1.26 bits per heavy atom. The summed E-state index contributed by atoms with van der Waals surface area (Å²) < 4.78 is 14.0. The second-order valence-electron chi connectivity index (χ2n) is 4.15. The molecule has 1 aromatic carbocycles. The fourth-order valence-corrected chi connectivity index (χ4v) is 1.94. The zero-order chi connectivity index (χ0) is 13.8. The largest absolute Gasteiger partial charge is 0.320 e. The Morgan fingerprint density at radius 3 is 2.53 bits per heavy atom. The predicted octanol–water partition coefficient (Wildman–Crippen LogP) is 1.18. The lowest BCUT2D eigenvalue weighted by Gasteiger charge is -2.25. The first kappa shape index (κ1) is 13.2. The fraction of sp³-hybridized carbons (Fsp3) is 0.286. The summed E-state index contributed by atoms with van der Waals surface area (Å²) in [5.74, 6) is 3.94. The standard InChI is InChI=1S/C14H13FN2O2/c15-11-9-10(3-2-8-16)6-7-12(11)17-13(18)4-1-5-14(17)19/h6-7,9H,1,4-5,8,16H2. The van der Waals surface area contributed by atoms with E-state index in [0.29, 0.717) is 12.0 Å². The van der Waals surface area contributed by atoms with E-state index in [9.17, 15) is 14.0 Å². The number of rotatable bonds is 1. The van der Waals surface area contributed by atoms with E-state index in [0.717, 1.165) is 4.90 Å². The lowest BCUT2D eigenvalue weighted by molar-refractivity contribution is -0.129. The Morgan fingerprint density at radius 2 is 1.95 bits per heavy atom. The molecule has 1 fully saturated rings. The van der Waals surface area contributed by atoms with Gasteiger partial charge < -0.3 is 5.73 Å². The molecule has 0 spiro atoms. The molecular formula is C14H13FN2O2. The Balaban J connectivity index is 2.35. The van der Waals surface area contributed by atoms with Crippen LogP contribution in [0.1, 0.15) is 24.8 Å². The van der Waals surface area contributed by atoms with Crippen molar-refractivity contribution in [2.45, 2.75) is 19.3 Å². The topological polar surface area (TPSA) is 63.4 Å². The molecule has 2 rings (SSSR count). The number of imide groups is 1. The number of hydrogen-bond donors (Lipinski definition) is 1. The summed E-state index contributed by atoms with van der Waals surface area (Å²) in [6.45, 7) is 0.187. The van der Waals surface area contributed by atoms with Gasteiger partial charge in [-0.05, 0) is 24.6 Å². The van der Waals surface area contributed by atoms with Gasteiger partial charge in [-0.2, -0.15) is 0 Å². The molecule has 2 amide bonds. The molecule has 0 saturated carbocycles. The lowest BCUT2D eigenvalue weighted by atomic mass is 10.1. The lowest BCUT2D eigenvalue weighted by Crippen LogP contribution is -2.40. The predicted molar refractivity (Wildman–Crippen MR) is 68.7 cm³/mol. The van der Waals surface area contributed by atoms with Crippen LogP contribution in [0.3, 0.4) is 0 Å². The second-order valence-corrected chi connectivity index (χ2v) is 4.15. The van der Waals surface area contributed by atoms with Gasteiger partial charge >= 0.3 is 0 Å². The number of carbonyl (C=O) groups is 2. The van der Waals surface area contributed by atoms with Crippen LogP contribution in [0, 0.1) is 17.7 Å². The minimum Gasteiger partial charge on any atom is -0.320 e. The molecule has 0 bridgehead atoms. The monoisotopic (exact) mass is 260 g/mol. The van der Waals surface area contributed by atoms with Gasteiger partial charge in [0, 0.05) is 18.4 Å². The number of nitrogens with two attached hydrogens (primary N) is 1. The summed E-state index contributed by atoms with van der Waals surface area (Å²) in [5.41, 5.74) is 5.69. The van der Waals surface area contributed by atoms with Crippen LogP contribution in [-0.4, -0.2) is 18.4 Å². The van der Waals surface area contributed by atoms with Crippen molar-refractivity contribution in [3.63, 3.8) is 0 Å². The van der Waals surface area contributed by atoms with Gasteiger partial charge in [-0.25, -0.2) is 9.29 Å². The van der Waals surface area contributed by atoms with Crippen molar-refractivity contribution in [3.05, 3.63) is 29.6 Å². The third-order valence-electron chi connectivity index (χ3n) is 2.80. The summed E-state index contributed by atoms with van der Waals surface area (Å²) in [6.07, 6.45) is 1.05. The van der Waals surface area contributed by atoms with Crippen LogP contribution >= 0.6 is 0 Å². The van der Waals surface area contributed by atoms with Crippen LogP contribution in [-0.2, 0) is 9.59 Å². The number of amides is 2. The Labute approximate surface area is 110 Å². The molecule has 0 radical (unpaired) electrons. The third kappa shape index (κ3) is 2.80. The molecule has 1 heterocycles. The molecule has 0 aromatic heterocycles. The van der Waals surface area contributed by atoms with E-state index in [1.54, 1.807) is 6.07 Å². The molecule has 1 aliphatic rings. The molecule has 19 heavy (non-hydrogen) atoms. The van der Waals surface area contributed by atoms with Crippen LogP contribution in [0.15, 0.2) is 18.2 Å². The highest BCUT2D eigenvalue weighted by molar-refractivity contribution is 6.16. The maximum absolute atomic E-state index is 14.0. The SMILES string of the molecule is NCC#Cc1ccc(N2C(=O)CCCC2=O)c(F)c1. The number of carbonyl (C=O) groups excluding carboxylic acids is 2. The number of benzene rings is 1. The van der Waals surface area contributed by atoms with Crippen molar-refractivity contribution in [1.82, 2.24) is 0 Å². The van der Waals surface area contributed by atoms with Crippen LogP contribution in [0.25, 0.3) is 0 Å². The third-order valence-corrected chi connectivity index (χ3v) is 2.80. The first-order valence-corrected chi connectivity index (χ1v) is 5.97. The Bertz CT molecular complexity index is 571. The maximum atomic E-state index is 14.0. The summed E-state index contributed by atoms with van der Waals surface area (Å²) in [5, 5.41) is 0. The van der Waals surface area contributed by atoms with Gasteiger partial charge in [0.25, 0.3) is 0 Å². The van der Waals surface area contributed by atoms with E-state index in [-0.39, 0.29) is 36.9 Å². The van der Waals surface area contributed by atoms with E-state index in [1.165, 1.54) is 12.1 Å². The molecule has 5 heteroatoms. The minimum absolute atomic E-state index is 0.00648. The van der Waals surface area contributed by atoms with Crippen molar-refractivity contribution >= 4 is 17.5 Å². The number of halogens is 1. The van der Waals surface area contributed by atoms with Crippen molar-refractivity contribution in [2.75, 3.05) is 11.4 Å². The number of nitrogens with zero attached hydrogens (tertiary/aromatic N) is 1. The molecule has 0 atom stereocenters. The zero-order valence-corrected chi connectivity index (χ0v) is 10.3. The average molecular weight is 260 g/mol. The number of anilines is 1. The zero-order valence-electron chi connectivity index (χ0n) is 10.3. The van der Waals surface area contributed by atoms with Gasteiger partial charge in [-0.15, -0.1) is 0 Å². The minimum atomic E-state index is -0.632. The van der Waals surface area contributed by atoms with Crippen molar-refractivity contribution in [1.29, 1.82) is 0 Å². The van der Waals surface area contributed by atoms with Crippen molar-refractivity contribution in [3.8, 4) is 11.8 Å². The molecule has 98 valence electrons. The number of piperidine rings is 1. The van der Waals surface area contributed by atoms with Gasteiger partial charge in [-0.3, -0.25) is 9.59 Å². The van der Waals surface area contributed by atoms with E-state index < -0.39 is 5.82 Å². The molecule has 4 nitrogen and oxygen atoms in total. The fourth-order valence-electron chi connectivity index (χ4n) is 1.94. The summed E-state index contributed by atoms with van der Waals surface area (Å²) in [6, 6.07) is 4.17. The molecular weight excluding hydrogens is 247 g/mol. The number of hydrogen-bond acceptors (Lipinski definition) is 3. The highest BCUT2D eigenvalue weighted by Crippen LogP contribution is 2.25. The summed E-state index contributed by atoms with van der Waals surface area (Å²) >= 11 is 0. The van der Waals surface area contributed by atoms with Crippen molar-refractivity contribution < 1.29 is 14.0 Å². The molecule has 1 saturated heterocycles. The Kier molecular flexibility index (Phi) is 3.93. The van der Waals surface area contributed by atoms with Gasteiger partial charge in [0.1, 0.15) is 5.82 Å². The first-order valence-electron chi connectivity index (χ1n) is 5.97. The molecule has 0 unspecified atom stereocenters. The Hall–Kier alpha value is -2.19. The highest BCUT2D eigenvalue weighted by Gasteiger charge is 2.29. The average Bonchev–Trinajstić information content (AvgIpc) is 2.38. The van der Waals surface area contributed by atoms with E-state index >= 15 is 0 Å². The van der Waals surface area contributed by atoms with E-state index in [1.807, 2.05) is 0 Å². The summed E-state index contributed by atoms with van der Waals surface area (Å²) in [4.78, 5) is 24.3. The normalized spacial score (nSPS) is 15.2. The van der Waals surface area contributed by atoms with Crippen LogP contribution in [0.5, 0.6) is 0 Å². The quantitative estimate of drug-likeness (QED) is 0.609. The maximum Gasteiger partial charge on any atom is 0.233 e. The second kappa shape index (κ2) is 5.63. The molecule has 2 N–H and O–H groups in total. The molecule has 1 aliphatic heterocycles. The highest BCUT2D eigenvalue weighted by atomic mass is 19.1. The van der Waals surface area contributed by atoms with Gasteiger partial charge in [0.15, 0.2) is 0 Å². The van der Waals surface area contributed by atoms with Crippen LogP contribution in [0.2, 0.25) is 0 Å². The van der Waals surface area contributed by atoms with Crippen LogP contribution in [0.4, 0.5) is 10.1 Å². The summed E-state index contributed by atoms with van der Waals surface area (Å²) in [7, 11) is 0. The van der Waals surface area contributed by atoms with Crippen molar-refractivity contribution in [2.24, 2.45) is 5.73 Å². The van der Waals surface area contributed by atoms with Gasteiger partial charge in [-0.1, -0.05) is 11.8 Å².